The van der Waals surface area contributed by atoms with Gasteiger partial charge in [0.15, 0.2) is 28.8 Å². The summed E-state index contributed by atoms with van der Waals surface area (Å²) in [7, 11) is 9.23. The van der Waals surface area contributed by atoms with Gasteiger partial charge in [0.25, 0.3) is 5.56 Å². The van der Waals surface area contributed by atoms with Crippen LogP contribution in [0.5, 0.6) is 34.5 Å². The van der Waals surface area contributed by atoms with Crippen LogP contribution in [0.3, 0.4) is 0 Å². The Morgan fingerprint density at radius 1 is 0.667 bits per heavy atom. The van der Waals surface area contributed by atoms with Gasteiger partial charge in [0.1, 0.15) is 5.82 Å². The molecule has 39 heavy (non-hydrogen) atoms. The van der Waals surface area contributed by atoms with Crippen LogP contribution in [-0.2, 0) is 4.79 Å². The van der Waals surface area contributed by atoms with Gasteiger partial charge in [-0.1, -0.05) is 0 Å². The third-order valence-electron chi connectivity index (χ3n) is 7.35. The second-order valence-corrected chi connectivity index (χ2v) is 9.26. The average molecular weight is 538 g/mol. The molecule has 3 N–H and O–H groups in total. The van der Waals surface area contributed by atoms with E-state index in [0.717, 1.165) is 11.3 Å². The molecule has 0 fully saturated rings. The fraction of sp³-hybridized carbons (Fsp3) is 0.357. The van der Waals surface area contributed by atoms with E-state index in [1.807, 2.05) is 12.1 Å². The number of ether oxygens (including phenoxy) is 6. The van der Waals surface area contributed by atoms with Crippen molar-refractivity contribution in [1.29, 1.82) is 0 Å². The van der Waals surface area contributed by atoms with Crippen molar-refractivity contribution < 1.29 is 33.2 Å². The zero-order valence-corrected chi connectivity index (χ0v) is 22.6. The number of nitrogens with one attached hydrogen (secondary N) is 3. The Kier molecular flexibility index (Phi) is 6.90. The first-order chi connectivity index (χ1) is 18.9. The molecule has 0 saturated heterocycles. The molecule has 2 aliphatic rings. The Bertz CT molecular complexity index is 1470. The van der Waals surface area contributed by atoms with Gasteiger partial charge in [0, 0.05) is 23.6 Å². The maximum Gasteiger partial charge on any atom is 0.270 e. The number of ketones is 1. The fourth-order valence-electron chi connectivity index (χ4n) is 5.59. The highest BCUT2D eigenvalue weighted by Crippen LogP contribution is 2.50. The molecule has 1 aliphatic heterocycles. The molecule has 0 unspecified atom stereocenters. The topological polar surface area (TPSA) is 133 Å². The largest absolute Gasteiger partial charge is 0.493 e. The van der Waals surface area contributed by atoms with Crippen LogP contribution >= 0.6 is 0 Å². The van der Waals surface area contributed by atoms with E-state index in [-0.39, 0.29) is 23.7 Å². The van der Waals surface area contributed by atoms with Gasteiger partial charge in [-0.05, 0) is 47.7 Å². The number of carbonyl (C=O) groups is 1. The minimum Gasteiger partial charge on any atom is -0.493 e. The van der Waals surface area contributed by atoms with E-state index in [4.69, 9.17) is 28.4 Å². The molecule has 1 aromatic heterocycles. The van der Waals surface area contributed by atoms with Gasteiger partial charge >= 0.3 is 0 Å². The van der Waals surface area contributed by atoms with Crippen LogP contribution < -0.4 is 39.3 Å². The number of hydrogen-bond acceptors (Lipinski definition) is 9. The Morgan fingerprint density at radius 3 is 1.67 bits per heavy atom. The minimum absolute atomic E-state index is 0.0764. The van der Waals surface area contributed by atoms with Crippen molar-refractivity contribution in [3.8, 4) is 34.5 Å². The van der Waals surface area contributed by atoms with Crippen LogP contribution in [-0.4, -0.2) is 58.6 Å². The summed E-state index contributed by atoms with van der Waals surface area (Å²) in [5, 5.41) is 8.88. The minimum atomic E-state index is -0.645. The zero-order valence-electron chi connectivity index (χ0n) is 22.6. The number of carbonyl (C=O) groups excluding carboxylic acids is 1. The number of hydrogen-bond donors (Lipinski definition) is 3. The fourth-order valence-corrected chi connectivity index (χ4v) is 5.59. The van der Waals surface area contributed by atoms with Gasteiger partial charge in [-0.15, -0.1) is 0 Å². The summed E-state index contributed by atoms with van der Waals surface area (Å²) in [6.45, 7) is 0. The summed E-state index contributed by atoms with van der Waals surface area (Å²) >= 11 is 0. The number of rotatable bonds is 8. The normalized spacial score (nSPS) is 18.1. The van der Waals surface area contributed by atoms with Crippen LogP contribution in [0.2, 0.25) is 0 Å². The Morgan fingerprint density at radius 2 is 1.18 bits per heavy atom. The maximum atomic E-state index is 13.9. The molecule has 11 nitrogen and oxygen atoms in total. The van der Waals surface area contributed by atoms with Gasteiger partial charge < -0.3 is 33.7 Å². The Balaban J connectivity index is 1.64. The van der Waals surface area contributed by atoms with E-state index in [1.54, 1.807) is 33.5 Å². The second kappa shape index (κ2) is 10.3. The number of aromatic amines is 2. The van der Waals surface area contributed by atoms with Crippen molar-refractivity contribution >= 4 is 11.6 Å². The highest BCUT2D eigenvalue weighted by atomic mass is 16.5. The highest BCUT2D eigenvalue weighted by molar-refractivity contribution is 6.01. The standard InChI is InChI=1S/C28H31N3O8/c1-34-18-9-14(10-19(35-2)25(18)38-5)13-7-16-23(17(32)8-13)22(24-27(29-16)30-31-28(24)33)15-11-20(36-3)26(39-6)21(12-15)37-4/h9-13,22H,7-8H2,1-6H3,(H3,29,30,31,33)/t13-,22-/m0/s1. The number of Topliss-reactive ketones (excluding diaryl/α,β-unsaturated/α-hetero) is 1. The summed E-state index contributed by atoms with van der Waals surface area (Å²) in [6.07, 6.45) is 0.755. The second-order valence-electron chi connectivity index (χ2n) is 9.26. The van der Waals surface area contributed by atoms with Gasteiger partial charge in [-0.3, -0.25) is 19.8 Å². The Hall–Kier alpha value is -4.54. The van der Waals surface area contributed by atoms with Gasteiger partial charge in [-0.25, -0.2) is 0 Å². The van der Waals surface area contributed by atoms with E-state index in [1.165, 1.54) is 21.3 Å². The van der Waals surface area contributed by atoms with E-state index in [2.05, 4.69) is 15.5 Å². The molecule has 0 bridgehead atoms. The molecule has 11 heteroatoms. The summed E-state index contributed by atoms with van der Waals surface area (Å²) in [4.78, 5) is 26.9. The number of aromatic nitrogens is 2. The maximum absolute atomic E-state index is 13.9. The lowest BCUT2D eigenvalue weighted by Crippen LogP contribution is -2.31. The molecule has 0 saturated carbocycles. The number of benzene rings is 2. The SMILES string of the molecule is COc1cc([C@@H]2CC(=O)C3=C(C2)Nc2[nH][nH]c(=O)c2[C@H]3c2cc(OC)c(OC)c(OC)c2)cc(OC)c1OC. The van der Waals surface area contributed by atoms with Crippen molar-refractivity contribution in [3.05, 3.63) is 62.6 Å². The van der Waals surface area contributed by atoms with Crippen molar-refractivity contribution in [2.75, 3.05) is 48.0 Å². The van der Waals surface area contributed by atoms with E-state index in [0.29, 0.717) is 63.4 Å². The van der Waals surface area contributed by atoms with Crippen molar-refractivity contribution in [1.82, 2.24) is 10.2 Å². The molecule has 2 atom stereocenters. The summed E-state index contributed by atoms with van der Waals surface area (Å²) in [5.74, 6) is 2.43. The number of anilines is 1. The average Bonchev–Trinajstić information content (AvgIpc) is 3.33. The predicted molar refractivity (Wildman–Crippen MR) is 143 cm³/mol. The monoisotopic (exact) mass is 537 g/mol. The summed E-state index contributed by atoms with van der Waals surface area (Å²) < 4.78 is 33.1. The lowest BCUT2D eigenvalue weighted by atomic mass is 9.72. The smallest absolute Gasteiger partial charge is 0.270 e. The van der Waals surface area contributed by atoms with Crippen LogP contribution in [0, 0.1) is 0 Å². The molecule has 206 valence electrons. The van der Waals surface area contributed by atoms with Crippen molar-refractivity contribution in [3.63, 3.8) is 0 Å². The van der Waals surface area contributed by atoms with Gasteiger partial charge in [0.05, 0.1) is 48.2 Å². The van der Waals surface area contributed by atoms with Gasteiger partial charge in [0.2, 0.25) is 11.5 Å². The summed E-state index contributed by atoms with van der Waals surface area (Å²) in [6, 6.07) is 7.29. The molecule has 2 aromatic carbocycles. The van der Waals surface area contributed by atoms with Crippen LogP contribution in [0.25, 0.3) is 0 Å². The van der Waals surface area contributed by atoms with Crippen LogP contribution in [0.15, 0.2) is 40.3 Å². The molecule has 0 spiro atoms. The van der Waals surface area contributed by atoms with Crippen molar-refractivity contribution in [2.24, 2.45) is 0 Å². The highest BCUT2D eigenvalue weighted by Gasteiger charge is 2.41. The van der Waals surface area contributed by atoms with Crippen LogP contribution in [0.4, 0.5) is 5.82 Å². The molecule has 1 aliphatic carbocycles. The Labute approximate surface area is 225 Å². The number of allylic oxidation sites excluding steroid dienone is 2. The molecule has 0 radical (unpaired) electrons. The van der Waals surface area contributed by atoms with E-state index < -0.39 is 5.92 Å². The first-order valence-corrected chi connectivity index (χ1v) is 12.3. The van der Waals surface area contributed by atoms with Crippen LogP contribution in [0.1, 0.15) is 41.4 Å². The molecular formula is C28H31N3O8. The zero-order chi connectivity index (χ0) is 27.8. The molecular weight excluding hydrogens is 506 g/mol. The van der Waals surface area contributed by atoms with Crippen molar-refractivity contribution in [2.45, 2.75) is 24.7 Å². The predicted octanol–water partition coefficient (Wildman–Crippen LogP) is 3.71. The quantitative estimate of drug-likeness (QED) is 0.393. The number of H-pyrrole nitrogens is 2. The van der Waals surface area contributed by atoms with Gasteiger partial charge in [-0.2, -0.15) is 0 Å². The van der Waals surface area contributed by atoms with E-state index >= 15 is 0 Å². The molecule has 2 heterocycles. The van der Waals surface area contributed by atoms with E-state index in [9.17, 15) is 9.59 Å². The lowest BCUT2D eigenvalue weighted by molar-refractivity contribution is -0.116. The molecule has 5 rings (SSSR count). The first kappa shape index (κ1) is 26.1. The molecule has 3 aromatic rings. The number of methoxy groups -OCH3 is 6. The lowest BCUT2D eigenvalue weighted by Gasteiger charge is -2.35. The third kappa shape index (κ3) is 4.23. The summed E-state index contributed by atoms with van der Waals surface area (Å²) in [5.41, 5.74) is 2.91. The number of fused-ring (bicyclic) bond motifs is 1. The first-order valence-electron chi connectivity index (χ1n) is 12.3. The molecule has 0 amide bonds. The third-order valence-corrected chi connectivity index (χ3v) is 7.35.